The molecule has 2 unspecified atom stereocenters. The lowest BCUT2D eigenvalue weighted by molar-refractivity contribution is -0.152. The van der Waals surface area contributed by atoms with Crippen molar-refractivity contribution in [2.45, 2.75) is 57.6 Å². The number of nitrogens with zero attached hydrogens (tertiary/aromatic N) is 1. The van der Waals surface area contributed by atoms with Crippen LogP contribution in [0.2, 0.25) is 0 Å². The Kier molecular flexibility index (Phi) is 4.85. The summed E-state index contributed by atoms with van der Waals surface area (Å²) in [5, 5.41) is 3.48. The Morgan fingerprint density at radius 2 is 2.00 bits per heavy atom. The summed E-state index contributed by atoms with van der Waals surface area (Å²) in [4.78, 5) is 13.3. The van der Waals surface area contributed by atoms with Crippen LogP contribution >= 0.6 is 0 Å². The Morgan fingerprint density at radius 1 is 1.32 bits per heavy atom. The fraction of sp³-hybridized carbons (Fsp3) is 0.933. The third kappa shape index (κ3) is 2.95. The van der Waals surface area contributed by atoms with Crippen molar-refractivity contribution in [3.8, 4) is 0 Å². The largest absolute Gasteiger partial charge is 0.378 e. The van der Waals surface area contributed by atoms with Crippen molar-refractivity contribution in [3.05, 3.63) is 0 Å². The zero-order chi connectivity index (χ0) is 13.9. The molecule has 0 aromatic rings. The summed E-state index contributed by atoms with van der Waals surface area (Å²) in [5.41, 5.74) is 0.306. The number of rotatable bonds is 5. The normalized spacial score (nSPS) is 29.0. The van der Waals surface area contributed by atoms with Crippen molar-refractivity contribution in [1.82, 2.24) is 10.2 Å². The molecule has 0 aromatic heterocycles. The van der Waals surface area contributed by atoms with Gasteiger partial charge in [-0.05, 0) is 26.2 Å². The average molecular weight is 268 g/mol. The molecule has 0 radical (unpaired) electrons. The Morgan fingerprint density at radius 3 is 2.58 bits per heavy atom. The molecular formula is C15H28N2O2. The highest BCUT2D eigenvalue weighted by Crippen LogP contribution is 2.53. The summed E-state index contributed by atoms with van der Waals surface area (Å²) < 4.78 is 5.92. The minimum atomic E-state index is 0.158. The van der Waals surface area contributed by atoms with Crippen LogP contribution in [0.25, 0.3) is 0 Å². The molecule has 19 heavy (non-hydrogen) atoms. The topological polar surface area (TPSA) is 41.6 Å². The Bertz CT molecular complexity index is 311. The quantitative estimate of drug-likeness (QED) is 0.826. The van der Waals surface area contributed by atoms with E-state index in [4.69, 9.17) is 4.74 Å². The average Bonchev–Trinajstić information content (AvgIpc) is 2.42. The van der Waals surface area contributed by atoms with Crippen LogP contribution in [-0.2, 0) is 9.53 Å². The van der Waals surface area contributed by atoms with Gasteiger partial charge in [-0.15, -0.1) is 0 Å². The summed E-state index contributed by atoms with van der Waals surface area (Å²) in [6.45, 7) is 3.33. The highest BCUT2D eigenvalue weighted by Gasteiger charge is 2.55. The van der Waals surface area contributed by atoms with Gasteiger partial charge in [-0.2, -0.15) is 0 Å². The van der Waals surface area contributed by atoms with Crippen LogP contribution in [0.1, 0.15) is 45.4 Å². The third-order valence-corrected chi connectivity index (χ3v) is 4.94. The number of amides is 1. The molecular weight excluding hydrogens is 240 g/mol. The van der Waals surface area contributed by atoms with Crippen LogP contribution in [0.3, 0.4) is 0 Å². The van der Waals surface area contributed by atoms with E-state index in [-0.39, 0.29) is 5.91 Å². The van der Waals surface area contributed by atoms with E-state index in [1.807, 2.05) is 14.1 Å². The van der Waals surface area contributed by atoms with Crippen LogP contribution in [0.5, 0.6) is 0 Å². The summed E-state index contributed by atoms with van der Waals surface area (Å²) in [6, 6.07) is 0.466. The van der Waals surface area contributed by atoms with Gasteiger partial charge in [-0.1, -0.05) is 19.3 Å². The minimum absolute atomic E-state index is 0.158. The molecule has 1 amide bonds. The number of likely N-dealkylation sites (N-methyl/N-ethyl adjacent to an activating group) is 1. The molecule has 2 aliphatic rings. The fourth-order valence-corrected chi connectivity index (χ4v) is 3.72. The highest BCUT2D eigenvalue weighted by atomic mass is 16.5. The van der Waals surface area contributed by atoms with E-state index in [2.05, 4.69) is 12.2 Å². The maximum absolute atomic E-state index is 11.7. The van der Waals surface area contributed by atoms with E-state index in [0.29, 0.717) is 24.1 Å². The maximum atomic E-state index is 11.7. The molecule has 4 heteroatoms. The molecule has 2 fully saturated rings. The molecule has 2 saturated carbocycles. The second kappa shape index (κ2) is 6.23. The van der Waals surface area contributed by atoms with Crippen molar-refractivity contribution in [3.63, 3.8) is 0 Å². The summed E-state index contributed by atoms with van der Waals surface area (Å²) in [7, 11) is 3.62. The first-order chi connectivity index (χ1) is 9.10. The fourth-order valence-electron chi connectivity index (χ4n) is 3.72. The Balaban J connectivity index is 1.91. The van der Waals surface area contributed by atoms with Crippen molar-refractivity contribution in [1.29, 1.82) is 0 Å². The molecule has 110 valence electrons. The molecule has 0 aliphatic heterocycles. The first-order valence-corrected chi connectivity index (χ1v) is 7.65. The lowest BCUT2D eigenvalue weighted by atomic mass is 9.55. The van der Waals surface area contributed by atoms with Gasteiger partial charge in [-0.3, -0.25) is 4.79 Å². The zero-order valence-corrected chi connectivity index (χ0v) is 12.6. The molecule has 0 heterocycles. The van der Waals surface area contributed by atoms with Crippen molar-refractivity contribution < 1.29 is 9.53 Å². The van der Waals surface area contributed by atoms with Crippen molar-refractivity contribution in [2.75, 3.05) is 27.2 Å². The van der Waals surface area contributed by atoms with Gasteiger partial charge in [0.1, 0.15) is 0 Å². The van der Waals surface area contributed by atoms with Gasteiger partial charge in [0.25, 0.3) is 0 Å². The lowest BCUT2D eigenvalue weighted by Gasteiger charge is -2.58. The van der Waals surface area contributed by atoms with Gasteiger partial charge in [0.15, 0.2) is 0 Å². The maximum Gasteiger partial charge on any atom is 0.236 e. The Hall–Kier alpha value is -0.610. The van der Waals surface area contributed by atoms with Gasteiger partial charge in [-0.25, -0.2) is 0 Å². The lowest BCUT2D eigenvalue weighted by Crippen LogP contribution is -2.65. The van der Waals surface area contributed by atoms with Gasteiger partial charge in [0.2, 0.25) is 5.91 Å². The van der Waals surface area contributed by atoms with E-state index in [1.54, 1.807) is 4.90 Å². The summed E-state index contributed by atoms with van der Waals surface area (Å²) >= 11 is 0. The van der Waals surface area contributed by atoms with Crippen LogP contribution in [0.15, 0.2) is 0 Å². The van der Waals surface area contributed by atoms with Gasteiger partial charge in [0, 0.05) is 32.2 Å². The number of carbonyl (C=O) groups excluding carboxylic acids is 1. The number of hydrogen-bond donors (Lipinski definition) is 1. The Labute approximate surface area is 116 Å². The summed E-state index contributed by atoms with van der Waals surface area (Å²) in [5.74, 6) is 0.158. The number of hydrogen-bond acceptors (Lipinski definition) is 3. The molecule has 0 aromatic carbocycles. The SMILES string of the molecule is CCOC1CC(NCC(=O)N(C)C)C12CCCCC2. The molecule has 0 bridgehead atoms. The van der Waals surface area contributed by atoms with Gasteiger partial charge < -0.3 is 15.0 Å². The molecule has 2 aliphatic carbocycles. The van der Waals surface area contributed by atoms with Crippen LogP contribution in [-0.4, -0.2) is 50.2 Å². The van der Waals surface area contributed by atoms with Gasteiger partial charge in [0.05, 0.1) is 12.6 Å². The summed E-state index contributed by atoms with van der Waals surface area (Å²) in [6.07, 6.45) is 7.95. The number of carbonyl (C=O) groups is 1. The molecule has 2 atom stereocenters. The molecule has 4 nitrogen and oxygen atoms in total. The first kappa shape index (κ1) is 14.8. The molecule has 2 rings (SSSR count). The van der Waals surface area contributed by atoms with Crippen molar-refractivity contribution in [2.24, 2.45) is 5.41 Å². The van der Waals surface area contributed by atoms with Crippen LogP contribution < -0.4 is 5.32 Å². The molecule has 0 saturated heterocycles. The second-order valence-electron chi connectivity index (χ2n) is 6.20. The van der Waals surface area contributed by atoms with Crippen LogP contribution in [0, 0.1) is 5.41 Å². The number of ether oxygens (including phenoxy) is 1. The number of nitrogens with one attached hydrogen (secondary N) is 1. The predicted octanol–water partition coefficient (Wildman–Crippen LogP) is 1.79. The van der Waals surface area contributed by atoms with E-state index < -0.39 is 0 Å². The second-order valence-corrected chi connectivity index (χ2v) is 6.20. The molecule has 1 spiro atoms. The predicted molar refractivity (Wildman–Crippen MR) is 76.0 cm³/mol. The van der Waals surface area contributed by atoms with Gasteiger partial charge >= 0.3 is 0 Å². The molecule has 1 N–H and O–H groups in total. The zero-order valence-electron chi connectivity index (χ0n) is 12.6. The highest BCUT2D eigenvalue weighted by molar-refractivity contribution is 5.77. The smallest absolute Gasteiger partial charge is 0.236 e. The van der Waals surface area contributed by atoms with E-state index in [1.165, 1.54) is 32.1 Å². The standard InChI is InChI=1S/C15H28N2O2/c1-4-19-13-10-12(16-11-14(18)17(2)3)15(13)8-6-5-7-9-15/h12-13,16H,4-11H2,1-3H3. The third-order valence-electron chi connectivity index (χ3n) is 4.94. The van der Waals surface area contributed by atoms with Crippen LogP contribution in [0.4, 0.5) is 0 Å². The van der Waals surface area contributed by atoms with E-state index in [9.17, 15) is 4.79 Å². The van der Waals surface area contributed by atoms with E-state index in [0.717, 1.165) is 13.0 Å². The van der Waals surface area contributed by atoms with Crippen molar-refractivity contribution >= 4 is 5.91 Å². The first-order valence-electron chi connectivity index (χ1n) is 7.65. The van der Waals surface area contributed by atoms with E-state index >= 15 is 0 Å². The minimum Gasteiger partial charge on any atom is -0.378 e. The monoisotopic (exact) mass is 268 g/mol.